The van der Waals surface area contributed by atoms with Crippen molar-refractivity contribution in [2.45, 2.75) is 39.0 Å². The van der Waals surface area contributed by atoms with Crippen molar-refractivity contribution in [3.05, 3.63) is 29.4 Å². The lowest BCUT2D eigenvalue weighted by Gasteiger charge is -2.35. The Morgan fingerprint density at radius 3 is 2.82 bits per heavy atom. The van der Waals surface area contributed by atoms with Gasteiger partial charge in [-0.15, -0.1) is 0 Å². The van der Waals surface area contributed by atoms with Crippen LogP contribution >= 0.6 is 11.6 Å². The van der Waals surface area contributed by atoms with Crippen molar-refractivity contribution in [1.82, 2.24) is 14.7 Å². The highest BCUT2D eigenvalue weighted by atomic mass is 35.5. The van der Waals surface area contributed by atoms with Gasteiger partial charge in [0.05, 0.1) is 30.5 Å². The van der Waals surface area contributed by atoms with E-state index >= 15 is 0 Å². The molecular formula is C16H20ClN3O2. The summed E-state index contributed by atoms with van der Waals surface area (Å²) in [5, 5.41) is 6.06. The summed E-state index contributed by atoms with van der Waals surface area (Å²) in [7, 11) is 0. The Kier molecular flexibility index (Phi) is 4.36. The first-order valence-electron chi connectivity index (χ1n) is 7.57. The fourth-order valence-corrected chi connectivity index (χ4v) is 3.13. The lowest BCUT2D eigenvalue weighted by atomic mass is 10.2. The average Bonchev–Trinajstić information content (AvgIpc) is 2.86. The number of aryl methyl sites for hydroxylation is 1. The first-order chi connectivity index (χ1) is 10.5. The zero-order valence-electron chi connectivity index (χ0n) is 12.8. The van der Waals surface area contributed by atoms with E-state index in [-0.39, 0.29) is 18.1 Å². The number of rotatable bonds is 3. The molecule has 3 rings (SSSR count). The summed E-state index contributed by atoms with van der Waals surface area (Å²) in [5.74, 6) is 0.146. The molecule has 2 heterocycles. The minimum absolute atomic E-state index is 0.0945. The molecule has 0 spiro atoms. The van der Waals surface area contributed by atoms with Crippen molar-refractivity contribution in [3.63, 3.8) is 0 Å². The maximum Gasteiger partial charge on any atom is 0.224 e. The molecule has 1 amide bonds. The molecule has 0 N–H and O–H groups in total. The van der Waals surface area contributed by atoms with E-state index < -0.39 is 0 Å². The Hall–Kier alpha value is -1.59. The molecule has 22 heavy (non-hydrogen) atoms. The highest BCUT2D eigenvalue weighted by Gasteiger charge is 2.25. The van der Waals surface area contributed by atoms with Crippen molar-refractivity contribution >= 4 is 28.4 Å². The molecule has 1 aromatic heterocycles. The van der Waals surface area contributed by atoms with E-state index in [0.717, 1.165) is 10.9 Å². The van der Waals surface area contributed by atoms with Gasteiger partial charge in [-0.1, -0.05) is 11.6 Å². The smallest absolute Gasteiger partial charge is 0.224 e. The number of ether oxygens (including phenoxy) is 1. The third-order valence-corrected chi connectivity index (χ3v) is 4.15. The number of amides is 1. The summed E-state index contributed by atoms with van der Waals surface area (Å²) < 4.78 is 7.50. The van der Waals surface area contributed by atoms with Gasteiger partial charge in [0.1, 0.15) is 0 Å². The van der Waals surface area contributed by atoms with Gasteiger partial charge in [0.25, 0.3) is 0 Å². The Morgan fingerprint density at radius 1 is 1.36 bits per heavy atom. The van der Waals surface area contributed by atoms with Gasteiger partial charge in [0.15, 0.2) is 0 Å². The maximum absolute atomic E-state index is 12.4. The van der Waals surface area contributed by atoms with Crippen molar-refractivity contribution < 1.29 is 9.53 Å². The van der Waals surface area contributed by atoms with Gasteiger partial charge in [0.2, 0.25) is 5.91 Å². The molecule has 2 aromatic rings. The number of aromatic nitrogens is 2. The Morgan fingerprint density at radius 2 is 2.09 bits per heavy atom. The number of hydrogen-bond donors (Lipinski definition) is 0. The van der Waals surface area contributed by atoms with Gasteiger partial charge in [-0.3, -0.25) is 9.48 Å². The summed E-state index contributed by atoms with van der Waals surface area (Å²) in [4.78, 5) is 14.3. The number of halogens is 1. The molecule has 5 nitrogen and oxygen atoms in total. The molecule has 1 aliphatic heterocycles. The maximum atomic E-state index is 12.4. The van der Waals surface area contributed by atoms with Crippen molar-refractivity contribution in [3.8, 4) is 0 Å². The normalized spacial score (nSPS) is 22.2. The minimum atomic E-state index is 0.0945. The second kappa shape index (κ2) is 6.26. The highest BCUT2D eigenvalue weighted by Crippen LogP contribution is 2.19. The molecule has 1 aliphatic rings. The van der Waals surface area contributed by atoms with E-state index in [4.69, 9.17) is 16.3 Å². The zero-order valence-corrected chi connectivity index (χ0v) is 13.6. The minimum Gasteiger partial charge on any atom is -0.372 e. The predicted octanol–water partition coefficient (Wildman–Crippen LogP) is 2.72. The largest absolute Gasteiger partial charge is 0.372 e. The lowest BCUT2D eigenvalue weighted by Crippen LogP contribution is -2.48. The molecule has 0 unspecified atom stereocenters. The van der Waals surface area contributed by atoms with Crippen LogP contribution in [0.25, 0.3) is 10.9 Å². The number of fused-ring (bicyclic) bond motifs is 1. The number of morpholine rings is 1. The third-order valence-electron chi connectivity index (χ3n) is 3.92. The Bertz CT molecular complexity index is 675. The summed E-state index contributed by atoms with van der Waals surface area (Å²) in [5.41, 5.74) is 0.962. The summed E-state index contributed by atoms with van der Waals surface area (Å²) in [6.45, 7) is 5.88. The number of carbonyl (C=O) groups excluding carboxylic acids is 1. The summed E-state index contributed by atoms with van der Waals surface area (Å²) in [6, 6.07) is 5.67. The van der Waals surface area contributed by atoms with Crippen LogP contribution in [0.5, 0.6) is 0 Å². The quantitative estimate of drug-likeness (QED) is 0.873. The Labute approximate surface area is 134 Å². The van der Waals surface area contributed by atoms with Gasteiger partial charge in [0, 0.05) is 29.9 Å². The van der Waals surface area contributed by atoms with Gasteiger partial charge in [-0.2, -0.15) is 5.10 Å². The van der Waals surface area contributed by atoms with Gasteiger partial charge in [-0.05, 0) is 32.0 Å². The molecule has 1 fully saturated rings. The monoisotopic (exact) mass is 321 g/mol. The topological polar surface area (TPSA) is 47.4 Å². The van der Waals surface area contributed by atoms with Gasteiger partial charge in [-0.25, -0.2) is 0 Å². The summed E-state index contributed by atoms with van der Waals surface area (Å²) >= 11 is 6.03. The fourth-order valence-electron chi connectivity index (χ4n) is 2.96. The van der Waals surface area contributed by atoms with Crippen LogP contribution in [0.3, 0.4) is 0 Å². The highest BCUT2D eigenvalue weighted by molar-refractivity contribution is 6.31. The Balaban J connectivity index is 1.66. The fraction of sp³-hybridized carbons (Fsp3) is 0.500. The van der Waals surface area contributed by atoms with E-state index in [1.54, 1.807) is 6.20 Å². The van der Waals surface area contributed by atoms with Crippen molar-refractivity contribution in [2.24, 2.45) is 0 Å². The molecule has 0 saturated carbocycles. The van der Waals surface area contributed by atoms with E-state index in [9.17, 15) is 4.79 Å². The summed E-state index contributed by atoms with van der Waals surface area (Å²) in [6.07, 6.45) is 2.42. The zero-order chi connectivity index (χ0) is 15.7. The lowest BCUT2D eigenvalue weighted by molar-refractivity contribution is -0.143. The predicted molar refractivity (Wildman–Crippen MR) is 85.9 cm³/mol. The molecular weight excluding hydrogens is 302 g/mol. The van der Waals surface area contributed by atoms with Crippen LogP contribution in [0.1, 0.15) is 20.3 Å². The van der Waals surface area contributed by atoms with Crippen LogP contribution in [0.4, 0.5) is 0 Å². The SMILES string of the molecule is C[C@@H]1CN(C(=O)CCn2ncc3ccc(Cl)cc32)C[C@@H](C)O1. The van der Waals surface area contributed by atoms with Crippen LogP contribution in [-0.2, 0) is 16.1 Å². The molecule has 118 valence electrons. The van der Waals surface area contributed by atoms with Crippen LogP contribution in [0.15, 0.2) is 24.4 Å². The van der Waals surface area contributed by atoms with Crippen molar-refractivity contribution in [2.75, 3.05) is 13.1 Å². The first kappa shape index (κ1) is 15.3. The standard InChI is InChI=1S/C16H20ClN3O2/c1-11-9-19(10-12(2)22-11)16(21)5-6-20-15-7-14(17)4-3-13(15)8-18-20/h3-4,7-8,11-12H,5-6,9-10H2,1-2H3/t11-,12-/m1/s1. The van der Waals surface area contributed by atoms with E-state index in [1.807, 2.05) is 41.6 Å². The van der Waals surface area contributed by atoms with Crippen LogP contribution in [0.2, 0.25) is 5.02 Å². The van der Waals surface area contributed by atoms with E-state index in [0.29, 0.717) is 31.1 Å². The molecule has 0 bridgehead atoms. The van der Waals surface area contributed by atoms with E-state index in [2.05, 4.69) is 5.10 Å². The molecule has 6 heteroatoms. The van der Waals surface area contributed by atoms with Crippen LogP contribution < -0.4 is 0 Å². The number of benzene rings is 1. The third kappa shape index (κ3) is 3.25. The first-order valence-corrected chi connectivity index (χ1v) is 7.95. The molecule has 1 saturated heterocycles. The van der Waals surface area contributed by atoms with Crippen LogP contribution in [0, 0.1) is 0 Å². The average molecular weight is 322 g/mol. The molecule has 2 atom stereocenters. The number of hydrogen-bond acceptors (Lipinski definition) is 3. The molecule has 1 aromatic carbocycles. The second-order valence-corrected chi connectivity index (χ2v) is 6.31. The molecule has 0 aliphatic carbocycles. The van der Waals surface area contributed by atoms with E-state index in [1.165, 1.54) is 0 Å². The number of carbonyl (C=O) groups is 1. The van der Waals surface area contributed by atoms with Gasteiger partial charge >= 0.3 is 0 Å². The second-order valence-electron chi connectivity index (χ2n) is 5.88. The van der Waals surface area contributed by atoms with Crippen molar-refractivity contribution in [1.29, 1.82) is 0 Å². The van der Waals surface area contributed by atoms with Gasteiger partial charge < -0.3 is 9.64 Å². The molecule has 0 radical (unpaired) electrons. The van der Waals surface area contributed by atoms with Crippen LogP contribution in [-0.4, -0.2) is 45.9 Å². The number of nitrogens with zero attached hydrogens (tertiary/aromatic N) is 3.